The van der Waals surface area contributed by atoms with E-state index in [1.54, 1.807) is 6.07 Å². The molecule has 1 atom stereocenters. The topological polar surface area (TPSA) is 41.1 Å². The van der Waals surface area contributed by atoms with Crippen molar-refractivity contribution in [3.8, 4) is 0 Å². The molecule has 2 N–H and O–H groups in total. The number of para-hydroxylation sites is 1. The van der Waals surface area contributed by atoms with Gasteiger partial charge < -0.3 is 10.6 Å². The Balaban J connectivity index is 1.95. The quantitative estimate of drug-likeness (QED) is 0.866. The molecule has 0 saturated heterocycles. The fourth-order valence-electron chi connectivity index (χ4n) is 2.26. The summed E-state index contributed by atoms with van der Waals surface area (Å²) in [5.41, 5.74) is 3.23. The number of anilines is 2. The van der Waals surface area contributed by atoms with Crippen molar-refractivity contribution >= 4 is 17.3 Å². The van der Waals surface area contributed by atoms with E-state index in [9.17, 15) is 9.18 Å². The molecule has 1 heterocycles. The molecule has 3 rings (SSSR count). The minimum absolute atomic E-state index is 0.120. The molecule has 1 amide bonds. The number of carbonyl (C=O) groups is 1. The molecule has 0 saturated carbocycles. The highest BCUT2D eigenvalue weighted by atomic mass is 19.1. The average molecular weight is 256 g/mol. The lowest BCUT2D eigenvalue weighted by atomic mass is 10.1. The standard InChI is InChI=1S/C15H13FN2O/c1-9-6-7-10(16)8-13(9)17-14-11-4-2-3-5-12(11)18-15(14)19/h2-8,14,17H,1H3,(H,18,19). The van der Waals surface area contributed by atoms with Crippen molar-refractivity contribution in [2.24, 2.45) is 0 Å². The largest absolute Gasteiger partial charge is 0.370 e. The lowest BCUT2D eigenvalue weighted by molar-refractivity contribution is -0.116. The van der Waals surface area contributed by atoms with Gasteiger partial charge in [-0.2, -0.15) is 0 Å². The van der Waals surface area contributed by atoms with Crippen molar-refractivity contribution in [3.05, 3.63) is 59.4 Å². The molecule has 0 radical (unpaired) electrons. The summed E-state index contributed by atoms with van der Waals surface area (Å²) in [7, 11) is 0. The van der Waals surface area contributed by atoms with Gasteiger partial charge >= 0.3 is 0 Å². The van der Waals surface area contributed by atoms with E-state index in [4.69, 9.17) is 0 Å². The lowest BCUT2D eigenvalue weighted by Gasteiger charge is -2.15. The first-order chi connectivity index (χ1) is 9.15. The first-order valence-corrected chi connectivity index (χ1v) is 6.07. The Kier molecular flexibility index (Phi) is 2.71. The molecule has 19 heavy (non-hydrogen) atoms. The Morgan fingerprint density at radius 2 is 2.00 bits per heavy atom. The number of aryl methyl sites for hydroxylation is 1. The zero-order valence-corrected chi connectivity index (χ0v) is 10.4. The Labute approximate surface area is 110 Å². The third-order valence-electron chi connectivity index (χ3n) is 3.29. The minimum Gasteiger partial charge on any atom is -0.370 e. The summed E-state index contributed by atoms with van der Waals surface area (Å²) >= 11 is 0. The van der Waals surface area contributed by atoms with Crippen LogP contribution in [0.25, 0.3) is 0 Å². The Bertz CT molecular complexity index is 654. The van der Waals surface area contributed by atoms with Crippen molar-refractivity contribution in [2.75, 3.05) is 10.6 Å². The third kappa shape index (κ3) is 2.05. The molecular weight excluding hydrogens is 243 g/mol. The highest BCUT2D eigenvalue weighted by Gasteiger charge is 2.30. The van der Waals surface area contributed by atoms with Crippen LogP contribution in [0.1, 0.15) is 17.2 Å². The van der Waals surface area contributed by atoms with Gasteiger partial charge in [0.15, 0.2) is 0 Å². The average Bonchev–Trinajstić information content (AvgIpc) is 2.71. The van der Waals surface area contributed by atoms with Crippen LogP contribution in [0.2, 0.25) is 0 Å². The predicted octanol–water partition coefficient (Wildman–Crippen LogP) is 3.24. The second kappa shape index (κ2) is 4.39. The monoisotopic (exact) mass is 256 g/mol. The van der Waals surface area contributed by atoms with Crippen LogP contribution in [0.4, 0.5) is 15.8 Å². The van der Waals surface area contributed by atoms with Crippen LogP contribution in [-0.4, -0.2) is 5.91 Å². The number of amides is 1. The number of hydrogen-bond acceptors (Lipinski definition) is 2. The first-order valence-electron chi connectivity index (χ1n) is 6.07. The van der Waals surface area contributed by atoms with Gasteiger partial charge in [0.2, 0.25) is 0 Å². The van der Waals surface area contributed by atoms with Crippen LogP contribution in [0.5, 0.6) is 0 Å². The van der Waals surface area contributed by atoms with Crippen molar-refractivity contribution in [2.45, 2.75) is 13.0 Å². The molecule has 96 valence electrons. The van der Waals surface area contributed by atoms with Crippen molar-refractivity contribution in [1.82, 2.24) is 0 Å². The first kappa shape index (κ1) is 11.7. The normalized spacial score (nSPS) is 16.9. The molecule has 0 spiro atoms. The van der Waals surface area contributed by atoms with Gasteiger partial charge in [-0.3, -0.25) is 4.79 Å². The number of hydrogen-bond donors (Lipinski definition) is 2. The Hall–Kier alpha value is -2.36. The molecule has 0 aliphatic carbocycles. The minimum atomic E-state index is -0.475. The molecule has 0 aromatic heterocycles. The van der Waals surface area contributed by atoms with E-state index in [2.05, 4.69) is 10.6 Å². The molecule has 3 nitrogen and oxygen atoms in total. The number of rotatable bonds is 2. The van der Waals surface area contributed by atoms with Gasteiger partial charge in [0.1, 0.15) is 11.9 Å². The second-order valence-corrected chi connectivity index (χ2v) is 4.61. The van der Waals surface area contributed by atoms with Gasteiger partial charge in [-0.1, -0.05) is 24.3 Å². The Morgan fingerprint density at radius 1 is 1.21 bits per heavy atom. The second-order valence-electron chi connectivity index (χ2n) is 4.61. The van der Waals surface area contributed by atoms with Crippen LogP contribution in [0, 0.1) is 12.7 Å². The third-order valence-corrected chi connectivity index (χ3v) is 3.29. The van der Waals surface area contributed by atoms with Crippen LogP contribution < -0.4 is 10.6 Å². The van der Waals surface area contributed by atoms with Crippen LogP contribution in [0.15, 0.2) is 42.5 Å². The molecule has 2 aromatic carbocycles. The molecule has 4 heteroatoms. The fraction of sp³-hybridized carbons (Fsp3) is 0.133. The van der Waals surface area contributed by atoms with Gasteiger partial charge in [0.25, 0.3) is 5.91 Å². The van der Waals surface area contributed by atoms with Crippen molar-refractivity contribution in [1.29, 1.82) is 0 Å². The zero-order chi connectivity index (χ0) is 13.4. The summed E-state index contributed by atoms with van der Waals surface area (Å²) in [5.74, 6) is -0.440. The van der Waals surface area contributed by atoms with Gasteiger partial charge in [-0.05, 0) is 30.7 Å². The number of nitrogens with one attached hydrogen (secondary N) is 2. The van der Waals surface area contributed by atoms with Crippen molar-refractivity contribution in [3.63, 3.8) is 0 Å². The van der Waals surface area contributed by atoms with Crippen LogP contribution >= 0.6 is 0 Å². The van der Waals surface area contributed by atoms with E-state index < -0.39 is 6.04 Å². The molecule has 0 fully saturated rings. The maximum Gasteiger partial charge on any atom is 0.251 e. The van der Waals surface area contributed by atoms with Gasteiger partial charge in [-0.15, -0.1) is 0 Å². The molecule has 1 unspecified atom stereocenters. The van der Waals surface area contributed by atoms with E-state index in [0.717, 1.165) is 16.8 Å². The molecular formula is C15H13FN2O. The maximum atomic E-state index is 13.3. The van der Waals surface area contributed by atoms with Gasteiger partial charge in [0.05, 0.1) is 0 Å². The van der Waals surface area contributed by atoms with E-state index in [-0.39, 0.29) is 11.7 Å². The molecule has 1 aliphatic rings. The van der Waals surface area contributed by atoms with Crippen LogP contribution in [-0.2, 0) is 4.79 Å². The smallest absolute Gasteiger partial charge is 0.251 e. The summed E-state index contributed by atoms with van der Waals surface area (Å²) in [6, 6.07) is 11.5. The van der Waals surface area contributed by atoms with Gasteiger partial charge in [0, 0.05) is 16.9 Å². The highest BCUT2D eigenvalue weighted by Crippen LogP contribution is 2.33. The molecule has 2 aromatic rings. The molecule has 1 aliphatic heterocycles. The summed E-state index contributed by atoms with van der Waals surface area (Å²) < 4.78 is 13.3. The van der Waals surface area contributed by atoms with E-state index in [0.29, 0.717) is 5.69 Å². The fourth-order valence-corrected chi connectivity index (χ4v) is 2.26. The lowest BCUT2D eigenvalue weighted by Crippen LogP contribution is -2.20. The van der Waals surface area contributed by atoms with E-state index >= 15 is 0 Å². The zero-order valence-electron chi connectivity index (χ0n) is 10.4. The highest BCUT2D eigenvalue weighted by molar-refractivity contribution is 6.04. The maximum absolute atomic E-state index is 13.3. The Morgan fingerprint density at radius 3 is 2.84 bits per heavy atom. The SMILES string of the molecule is Cc1ccc(F)cc1NC1C(=O)Nc2ccccc21. The number of halogens is 1. The summed E-state index contributed by atoms with van der Waals surface area (Å²) in [4.78, 5) is 12.0. The van der Waals surface area contributed by atoms with Crippen LogP contribution in [0.3, 0.4) is 0 Å². The predicted molar refractivity (Wildman–Crippen MR) is 72.6 cm³/mol. The molecule has 0 bridgehead atoms. The number of benzene rings is 2. The summed E-state index contributed by atoms with van der Waals surface area (Å²) in [5, 5.41) is 5.91. The van der Waals surface area contributed by atoms with E-state index in [1.807, 2.05) is 31.2 Å². The summed E-state index contributed by atoms with van der Waals surface area (Å²) in [6.07, 6.45) is 0. The van der Waals surface area contributed by atoms with E-state index in [1.165, 1.54) is 12.1 Å². The van der Waals surface area contributed by atoms with Crippen molar-refractivity contribution < 1.29 is 9.18 Å². The number of carbonyl (C=O) groups excluding carboxylic acids is 1. The number of fused-ring (bicyclic) bond motifs is 1. The summed E-state index contributed by atoms with van der Waals surface area (Å²) in [6.45, 7) is 1.88. The van der Waals surface area contributed by atoms with Gasteiger partial charge in [-0.25, -0.2) is 4.39 Å².